The molecule has 5 heteroatoms. The van der Waals surface area contributed by atoms with Gasteiger partial charge in [0.1, 0.15) is 18.5 Å². The van der Waals surface area contributed by atoms with Crippen LogP contribution in [0.5, 0.6) is 5.75 Å². The second kappa shape index (κ2) is 8.85. The largest absolute Gasteiger partial charge is 0.491 e. The van der Waals surface area contributed by atoms with Crippen LogP contribution in [0.2, 0.25) is 0 Å². The molecular weight excluding hydrogens is 272 g/mol. The third-order valence-electron chi connectivity index (χ3n) is 3.08. The van der Waals surface area contributed by atoms with E-state index >= 15 is 0 Å². The fraction of sp³-hybridized carbons (Fsp3) is 0.533. The highest BCUT2D eigenvalue weighted by Gasteiger charge is 2.14. The lowest BCUT2D eigenvalue weighted by Crippen LogP contribution is -2.39. The van der Waals surface area contributed by atoms with Crippen molar-refractivity contribution in [3.05, 3.63) is 29.8 Å². The molecule has 0 amide bonds. The van der Waals surface area contributed by atoms with Gasteiger partial charge >= 0.3 is 0 Å². The molecule has 1 aromatic rings. The summed E-state index contributed by atoms with van der Waals surface area (Å²) in [5.41, 5.74) is 0.600. The topological polar surface area (TPSA) is 56.5 Å². The van der Waals surface area contributed by atoms with E-state index in [1.54, 1.807) is 36.0 Å². The standard InChI is InChI=1S/C15H22N2O2S/c1-12(11-20-3)17(2)9-14(18)10-19-15-6-4-13(8-16)5-7-15/h4-7,12,14,18H,9-11H2,1-3H3. The normalized spacial score (nSPS) is 13.8. The van der Waals surface area contributed by atoms with Gasteiger partial charge in [-0.2, -0.15) is 17.0 Å². The first kappa shape index (κ1) is 16.8. The second-order valence-corrected chi connectivity index (χ2v) is 5.76. The Labute approximate surface area is 125 Å². The summed E-state index contributed by atoms with van der Waals surface area (Å²) in [5.74, 6) is 1.71. The maximum Gasteiger partial charge on any atom is 0.119 e. The van der Waals surface area contributed by atoms with E-state index in [2.05, 4.69) is 24.1 Å². The maximum atomic E-state index is 9.97. The molecule has 0 heterocycles. The van der Waals surface area contributed by atoms with Gasteiger partial charge in [-0.25, -0.2) is 0 Å². The summed E-state index contributed by atoms with van der Waals surface area (Å²) in [6.07, 6.45) is 1.55. The van der Waals surface area contributed by atoms with Gasteiger partial charge in [0.15, 0.2) is 0 Å². The summed E-state index contributed by atoms with van der Waals surface area (Å²) in [7, 11) is 2.01. The van der Waals surface area contributed by atoms with E-state index in [1.807, 2.05) is 7.05 Å². The van der Waals surface area contributed by atoms with Gasteiger partial charge in [-0.3, -0.25) is 0 Å². The fourth-order valence-electron chi connectivity index (χ4n) is 1.75. The lowest BCUT2D eigenvalue weighted by molar-refractivity contribution is 0.0684. The Hall–Kier alpha value is -1.22. The van der Waals surface area contributed by atoms with Gasteiger partial charge in [-0.15, -0.1) is 0 Å². The first-order chi connectivity index (χ1) is 9.56. The van der Waals surface area contributed by atoms with Crippen molar-refractivity contribution in [1.82, 2.24) is 4.90 Å². The minimum Gasteiger partial charge on any atom is -0.491 e. The van der Waals surface area contributed by atoms with Gasteiger partial charge in [0.25, 0.3) is 0 Å². The van der Waals surface area contributed by atoms with Crippen molar-refractivity contribution in [3.63, 3.8) is 0 Å². The number of aliphatic hydroxyl groups excluding tert-OH is 1. The van der Waals surface area contributed by atoms with Crippen LogP contribution < -0.4 is 4.74 Å². The van der Waals surface area contributed by atoms with Crippen LogP contribution in [0.1, 0.15) is 12.5 Å². The van der Waals surface area contributed by atoms with E-state index in [9.17, 15) is 5.11 Å². The summed E-state index contributed by atoms with van der Waals surface area (Å²) in [5, 5.41) is 18.7. The monoisotopic (exact) mass is 294 g/mol. The Morgan fingerprint density at radius 1 is 1.40 bits per heavy atom. The predicted octanol–water partition coefficient (Wildman–Crippen LogP) is 1.98. The molecular formula is C15H22N2O2S. The SMILES string of the molecule is CSCC(C)N(C)CC(O)COc1ccc(C#N)cc1. The van der Waals surface area contributed by atoms with Crippen LogP contribution >= 0.6 is 11.8 Å². The Bertz CT molecular complexity index is 430. The summed E-state index contributed by atoms with van der Waals surface area (Å²) in [6.45, 7) is 2.98. The summed E-state index contributed by atoms with van der Waals surface area (Å²) in [6, 6.07) is 9.37. The molecule has 2 atom stereocenters. The van der Waals surface area contributed by atoms with Gasteiger partial charge in [-0.05, 0) is 44.5 Å². The first-order valence-electron chi connectivity index (χ1n) is 6.57. The van der Waals surface area contributed by atoms with Crippen LogP contribution in [0, 0.1) is 11.3 Å². The van der Waals surface area contributed by atoms with E-state index < -0.39 is 6.10 Å². The highest BCUT2D eigenvalue weighted by Crippen LogP contribution is 2.12. The lowest BCUT2D eigenvalue weighted by Gasteiger charge is -2.26. The van der Waals surface area contributed by atoms with E-state index in [-0.39, 0.29) is 6.61 Å². The van der Waals surface area contributed by atoms with Crippen LogP contribution in [0.4, 0.5) is 0 Å². The van der Waals surface area contributed by atoms with Crippen LogP contribution in [-0.4, -0.2) is 54.4 Å². The van der Waals surface area contributed by atoms with Crippen LogP contribution in [-0.2, 0) is 0 Å². The number of hydrogen-bond donors (Lipinski definition) is 1. The molecule has 1 aromatic carbocycles. The van der Waals surface area contributed by atoms with Crippen molar-refractivity contribution in [1.29, 1.82) is 5.26 Å². The molecule has 0 radical (unpaired) electrons. The molecule has 0 saturated carbocycles. The molecule has 0 saturated heterocycles. The van der Waals surface area contributed by atoms with E-state index in [0.29, 0.717) is 23.9 Å². The molecule has 0 fully saturated rings. The molecule has 2 unspecified atom stereocenters. The molecule has 20 heavy (non-hydrogen) atoms. The zero-order valence-electron chi connectivity index (χ0n) is 12.2. The van der Waals surface area contributed by atoms with Crippen molar-refractivity contribution < 1.29 is 9.84 Å². The lowest BCUT2D eigenvalue weighted by atomic mass is 10.2. The number of aliphatic hydroxyl groups is 1. The predicted molar refractivity (Wildman–Crippen MR) is 83.1 cm³/mol. The van der Waals surface area contributed by atoms with Crippen molar-refractivity contribution in [3.8, 4) is 11.8 Å². The number of likely N-dealkylation sites (N-methyl/N-ethyl adjacent to an activating group) is 1. The van der Waals surface area contributed by atoms with Crippen LogP contribution in [0.25, 0.3) is 0 Å². The van der Waals surface area contributed by atoms with Gasteiger partial charge < -0.3 is 14.7 Å². The molecule has 4 nitrogen and oxygen atoms in total. The molecule has 110 valence electrons. The molecule has 0 aliphatic heterocycles. The van der Waals surface area contributed by atoms with Crippen LogP contribution in [0.15, 0.2) is 24.3 Å². The molecule has 0 spiro atoms. The van der Waals surface area contributed by atoms with Crippen molar-refractivity contribution in [2.75, 3.05) is 32.2 Å². The number of ether oxygens (including phenoxy) is 1. The summed E-state index contributed by atoms with van der Waals surface area (Å²) < 4.78 is 5.52. The number of benzene rings is 1. The van der Waals surface area contributed by atoms with E-state index in [0.717, 1.165) is 5.75 Å². The van der Waals surface area contributed by atoms with E-state index in [4.69, 9.17) is 10.00 Å². The Morgan fingerprint density at radius 2 is 2.05 bits per heavy atom. The number of rotatable bonds is 8. The third-order valence-corrected chi connectivity index (χ3v) is 3.90. The summed E-state index contributed by atoms with van der Waals surface area (Å²) >= 11 is 1.80. The molecule has 0 bridgehead atoms. The Morgan fingerprint density at radius 3 is 2.60 bits per heavy atom. The molecule has 0 aromatic heterocycles. The van der Waals surface area contributed by atoms with E-state index in [1.165, 1.54) is 0 Å². The number of hydrogen-bond acceptors (Lipinski definition) is 5. The average Bonchev–Trinajstić information content (AvgIpc) is 2.45. The van der Waals surface area contributed by atoms with Gasteiger partial charge in [-0.1, -0.05) is 0 Å². The number of thioether (sulfide) groups is 1. The third kappa shape index (κ3) is 5.83. The van der Waals surface area contributed by atoms with Gasteiger partial charge in [0, 0.05) is 18.3 Å². The molecule has 1 N–H and O–H groups in total. The minimum absolute atomic E-state index is 0.252. The molecule has 0 aliphatic rings. The van der Waals surface area contributed by atoms with Gasteiger partial charge in [0.05, 0.1) is 11.6 Å². The Kier molecular flexibility index (Phi) is 7.45. The maximum absolute atomic E-state index is 9.97. The Balaban J connectivity index is 2.35. The number of nitrogens with zero attached hydrogens (tertiary/aromatic N) is 2. The zero-order chi connectivity index (χ0) is 15.0. The minimum atomic E-state index is -0.528. The second-order valence-electron chi connectivity index (χ2n) is 4.84. The first-order valence-corrected chi connectivity index (χ1v) is 7.96. The van der Waals surface area contributed by atoms with Crippen LogP contribution in [0.3, 0.4) is 0 Å². The zero-order valence-corrected chi connectivity index (χ0v) is 13.1. The van der Waals surface area contributed by atoms with Crippen molar-refractivity contribution in [2.45, 2.75) is 19.1 Å². The smallest absolute Gasteiger partial charge is 0.119 e. The molecule has 0 aliphatic carbocycles. The fourth-order valence-corrected chi connectivity index (χ4v) is 2.49. The van der Waals surface area contributed by atoms with Crippen molar-refractivity contribution in [2.24, 2.45) is 0 Å². The molecule has 1 rings (SSSR count). The summed E-state index contributed by atoms with van der Waals surface area (Å²) in [4.78, 5) is 2.13. The van der Waals surface area contributed by atoms with Crippen molar-refractivity contribution >= 4 is 11.8 Å². The average molecular weight is 294 g/mol. The van der Waals surface area contributed by atoms with Gasteiger partial charge in [0.2, 0.25) is 0 Å². The number of nitriles is 1. The highest BCUT2D eigenvalue weighted by atomic mass is 32.2. The highest BCUT2D eigenvalue weighted by molar-refractivity contribution is 7.98. The quantitative estimate of drug-likeness (QED) is 0.794.